The predicted molar refractivity (Wildman–Crippen MR) is 90.8 cm³/mol. The number of hydrogen-bond acceptors (Lipinski definition) is 4. The normalized spacial score (nSPS) is 10.7. The lowest BCUT2D eigenvalue weighted by Gasteiger charge is -2.10. The van der Waals surface area contributed by atoms with Gasteiger partial charge in [-0.2, -0.15) is 0 Å². The lowest BCUT2D eigenvalue weighted by atomic mass is 10.2. The highest BCUT2D eigenvalue weighted by Gasteiger charge is 2.10. The molecule has 1 aromatic carbocycles. The summed E-state index contributed by atoms with van der Waals surface area (Å²) >= 11 is 1.62. The molecule has 1 heterocycles. The molecule has 0 radical (unpaired) electrons. The monoisotopic (exact) mass is 318 g/mol. The number of para-hydroxylation sites is 2. The van der Waals surface area contributed by atoms with E-state index in [-0.39, 0.29) is 5.91 Å². The van der Waals surface area contributed by atoms with Crippen LogP contribution in [0.25, 0.3) is 0 Å². The van der Waals surface area contributed by atoms with Gasteiger partial charge in [0.1, 0.15) is 5.75 Å². The number of amides is 1. The number of carbonyl (C=O) groups excluding carboxylic acids is 1. The van der Waals surface area contributed by atoms with Crippen LogP contribution in [-0.4, -0.2) is 17.5 Å². The molecule has 0 aliphatic carbocycles. The number of nitrogens with zero attached hydrogens (tertiary/aromatic N) is 1. The number of thiazole rings is 1. The Kier molecular flexibility index (Phi) is 5.95. The Morgan fingerprint density at radius 1 is 1.36 bits per heavy atom. The zero-order chi connectivity index (χ0) is 15.9. The van der Waals surface area contributed by atoms with Crippen molar-refractivity contribution in [3.63, 3.8) is 0 Å². The highest BCUT2D eigenvalue weighted by Crippen LogP contribution is 2.24. The maximum absolute atomic E-state index is 12.1. The van der Waals surface area contributed by atoms with E-state index in [4.69, 9.17) is 4.74 Å². The van der Waals surface area contributed by atoms with Crippen LogP contribution >= 0.6 is 11.3 Å². The number of aryl methyl sites for hydroxylation is 1. The molecule has 2 rings (SSSR count). The van der Waals surface area contributed by atoms with Crippen molar-refractivity contribution >= 4 is 22.9 Å². The van der Waals surface area contributed by atoms with E-state index in [0.29, 0.717) is 31.1 Å². The third-order valence-electron chi connectivity index (χ3n) is 3.19. The van der Waals surface area contributed by atoms with E-state index in [2.05, 4.69) is 29.5 Å². The first-order valence-corrected chi connectivity index (χ1v) is 8.44. The first-order chi connectivity index (χ1) is 10.6. The molecule has 22 heavy (non-hydrogen) atoms. The standard InChI is InChI=1S/C17H22N2O2S/c1-4-21-15-8-6-5-7-13(15)18-16(20)9-10-17-19-14(11-22-17)12(2)3/h5-8,11-12H,4,9-10H2,1-3H3,(H,18,20). The molecule has 1 N–H and O–H groups in total. The Morgan fingerprint density at radius 3 is 2.82 bits per heavy atom. The summed E-state index contributed by atoms with van der Waals surface area (Å²) in [5.74, 6) is 1.11. The van der Waals surface area contributed by atoms with Crippen molar-refractivity contribution in [3.05, 3.63) is 40.3 Å². The topological polar surface area (TPSA) is 51.2 Å². The minimum absolute atomic E-state index is 0.0200. The van der Waals surface area contributed by atoms with Crippen molar-refractivity contribution in [2.45, 2.75) is 39.5 Å². The van der Waals surface area contributed by atoms with Crippen LogP contribution in [0.15, 0.2) is 29.6 Å². The van der Waals surface area contributed by atoms with Crippen molar-refractivity contribution in [1.29, 1.82) is 0 Å². The van der Waals surface area contributed by atoms with E-state index >= 15 is 0 Å². The maximum Gasteiger partial charge on any atom is 0.224 e. The molecule has 4 nitrogen and oxygen atoms in total. The van der Waals surface area contributed by atoms with Gasteiger partial charge in [-0.25, -0.2) is 4.98 Å². The summed E-state index contributed by atoms with van der Waals surface area (Å²) in [5.41, 5.74) is 1.82. The average molecular weight is 318 g/mol. The third-order valence-corrected chi connectivity index (χ3v) is 4.11. The molecular formula is C17H22N2O2S. The molecule has 2 aromatic rings. The summed E-state index contributed by atoms with van der Waals surface area (Å²) in [6, 6.07) is 7.48. The van der Waals surface area contributed by atoms with Gasteiger partial charge in [-0.1, -0.05) is 26.0 Å². The maximum atomic E-state index is 12.1. The fourth-order valence-corrected chi connectivity index (χ4v) is 2.95. The molecule has 0 spiro atoms. The molecule has 0 bridgehead atoms. The Morgan fingerprint density at radius 2 is 2.14 bits per heavy atom. The van der Waals surface area contributed by atoms with E-state index in [9.17, 15) is 4.79 Å². The van der Waals surface area contributed by atoms with Gasteiger partial charge >= 0.3 is 0 Å². The molecule has 1 aromatic heterocycles. The second kappa shape index (κ2) is 7.94. The Balaban J connectivity index is 1.90. The van der Waals surface area contributed by atoms with Gasteiger partial charge in [-0.3, -0.25) is 4.79 Å². The molecule has 5 heteroatoms. The van der Waals surface area contributed by atoms with Gasteiger partial charge in [-0.15, -0.1) is 11.3 Å². The van der Waals surface area contributed by atoms with Crippen LogP contribution in [0.1, 0.15) is 43.8 Å². The van der Waals surface area contributed by atoms with E-state index in [1.165, 1.54) is 0 Å². The molecule has 0 atom stereocenters. The van der Waals surface area contributed by atoms with Gasteiger partial charge in [0.25, 0.3) is 0 Å². The molecule has 118 valence electrons. The number of rotatable bonds is 7. The second-order valence-corrected chi connectivity index (χ2v) is 6.24. The largest absolute Gasteiger partial charge is 0.492 e. The Bertz CT molecular complexity index is 623. The van der Waals surface area contributed by atoms with Gasteiger partial charge in [0.05, 0.1) is 23.0 Å². The fraction of sp³-hybridized carbons (Fsp3) is 0.412. The van der Waals surface area contributed by atoms with Gasteiger partial charge in [0, 0.05) is 18.2 Å². The van der Waals surface area contributed by atoms with Gasteiger partial charge in [-0.05, 0) is 25.0 Å². The number of aromatic nitrogens is 1. The zero-order valence-electron chi connectivity index (χ0n) is 13.3. The van der Waals surface area contributed by atoms with Crippen molar-refractivity contribution < 1.29 is 9.53 Å². The van der Waals surface area contributed by atoms with Crippen molar-refractivity contribution in [1.82, 2.24) is 4.98 Å². The summed E-state index contributed by atoms with van der Waals surface area (Å²) in [5, 5.41) is 5.99. The van der Waals surface area contributed by atoms with Crippen LogP contribution in [-0.2, 0) is 11.2 Å². The highest BCUT2D eigenvalue weighted by molar-refractivity contribution is 7.09. The van der Waals surface area contributed by atoms with Crippen molar-refractivity contribution in [3.8, 4) is 5.75 Å². The van der Waals surface area contributed by atoms with Crippen molar-refractivity contribution in [2.24, 2.45) is 0 Å². The third kappa shape index (κ3) is 4.56. The molecule has 0 fully saturated rings. The number of anilines is 1. The van der Waals surface area contributed by atoms with Crippen LogP contribution in [0.2, 0.25) is 0 Å². The summed E-state index contributed by atoms with van der Waals surface area (Å²) in [6.45, 7) is 6.74. The zero-order valence-corrected chi connectivity index (χ0v) is 14.1. The second-order valence-electron chi connectivity index (χ2n) is 5.30. The summed E-state index contributed by atoms with van der Waals surface area (Å²) in [6.07, 6.45) is 1.09. The molecular weight excluding hydrogens is 296 g/mol. The summed E-state index contributed by atoms with van der Waals surface area (Å²) in [4.78, 5) is 16.6. The van der Waals surface area contributed by atoms with Crippen LogP contribution in [0.4, 0.5) is 5.69 Å². The van der Waals surface area contributed by atoms with E-state index < -0.39 is 0 Å². The van der Waals surface area contributed by atoms with E-state index in [0.717, 1.165) is 16.4 Å². The minimum atomic E-state index is -0.0200. The minimum Gasteiger partial charge on any atom is -0.492 e. The lowest BCUT2D eigenvalue weighted by Crippen LogP contribution is -2.13. The smallest absolute Gasteiger partial charge is 0.224 e. The SMILES string of the molecule is CCOc1ccccc1NC(=O)CCc1nc(C(C)C)cs1. The summed E-state index contributed by atoms with van der Waals surface area (Å²) < 4.78 is 5.51. The van der Waals surface area contributed by atoms with Crippen LogP contribution in [0, 0.1) is 0 Å². The van der Waals surface area contributed by atoms with Crippen LogP contribution in [0.5, 0.6) is 5.75 Å². The molecule has 1 amide bonds. The quantitative estimate of drug-likeness (QED) is 0.831. The number of hydrogen-bond donors (Lipinski definition) is 1. The Hall–Kier alpha value is -1.88. The lowest BCUT2D eigenvalue weighted by molar-refractivity contribution is -0.116. The number of benzene rings is 1. The molecule has 0 saturated carbocycles. The molecule has 0 aliphatic rings. The van der Waals surface area contributed by atoms with E-state index in [1.54, 1.807) is 11.3 Å². The fourth-order valence-electron chi connectivity index (χ4n) is 1.99. The average Bonchev–Trinajstić information content (AvgIpc) is 2.97. The molecule has 0 unspecified atom stereocenters. The van der Waals surface area contributed by atoms with Gasteiger partial charge in [0.2, 0.25) is 5.91 Å². The van der Waals surface area contributed by atoms with Crippen LogP contribution < -0.4 is 10.1 Å². The predicted octanol–water partition coefficient (Wildman–Crippen LogP) is 4.24. The number of carbonyl (C=O) groups is 1. The number of nitrogens with one attached hydrogen (secondary N) is 1. The summed E-state index contributed by atoms with van der Waals surface area (Å²) in [7, 11) is 0. The van der Waals surface area contributed by atoms with Gasteiger partial charge < -0.3 is 10.1 Å². The Labute approximate surface area is 135 Å². The van der Waals surface area contributed by atoms with Crippen molar-refractivity contribution in [2.75, 3.05) is 11.9 Å². The molecule has 0 saturated heterocycles. The van der Waals surface area contributed by atoms with Crippen LogP contribution in [0.3, 0.4) is 0 Å². The molecule has 0 aliphatic heterocycles. The van der Waals surface area contributed by atoms with E-state index in [1.807, 2.05) is 31.2 Å². The first-order valence-electron chi connectivity index (χ1n) is 7.56. The van der Waals surface area contributed by atoms with Gasteiger partial charge in [0.15, 0.2) is 0 Å². The first kappa shape index (κ1) is 16.5. The highest BCUT2D eigenvalue weighted by atomic mass is 32.1. The number of ether oxygens (including phenoxy) is 1.